The van der Waals surface area contributed by atoms with E-state index in [0.29, 0.717) is 22.6 Å². The van der Waals surface area contributed by atoms with Gasteiger partial charge in [-0.3, -0.25) is 9.59 Å². The van der Waals surface area contributed by atoms with Gasteiger partial charge in [-0.25, -0.2) is 0 Å². The van der Waals surface area contributed by atoms with Gasteiger partial charge in [-0.15, -0.1) is 6.42 Å². The van der Waals surface area contributed by atoms with E-state index < -0.39 is 11.9 Å². The topological polar surface area (TPSA) is 97.2 Å². The third-order valence-corrected chi connectivity index (χ3v) is 4.65. The minimum absolute atomic E-state index is 0.196. The molecule has 0 radical (unpaired) electrons. The Morgan fingerprint density at radius 3 is 2.31 bits per heavy atom. The predicted molar refractivity (Wildman–Crippen MR) is 140 cm³/mol. The maximum absolute atomic E-state index is 12.4. The molecular weight excluding hydrogens is 444 g/mol. The van der Waals surface area contributed by atoms with Gasteiger partial charge in [0.1, 0.15) is 29.4 Å². The summed E-state index contributed by atoms with van der Waals surface area (Å²) in [4.78, 5) is 27.5. The first-order valence-electron chi connectivity index (χ1n) is 11.0. The van der Waals surface area contributed by atoms with Crippen LogP contribution in [0.3, 0.4) is 0 Å². The molecule has 7 nitrogen and oxygen atoms in total. The van der Waals surface area contributed by atoms with Crippen molar-refractivity contribution in [2.45, 2.75) is 27.7 Å². The van der Waals surface area contributed by atoms with Crippen molar-refractivity contribution in [3.8, 4) is 23.8 Å². The molecule has 2 aromatic rings. The second-order valence-corrected chi connectivity index (χ2v) is 6.97. The number of nitrogens with zero attached hydrogens (tertiary/aromatic N) is 1. The van der Waals surface area contributed by atoms with Crippen LogP contribution in [0.25, 0.3) is 11.3 Å². The number of carbonyl (C=O) groups is 2. The molecule has 0 aliphatic carbocycles. The molecule has 0 bridgehead atoms. The lowest BCUT2D eigenvalue weighted by molar-refractivity contribution is -0.143. The number of carbonyl (C=O) groups excluding carboxylic acids is 2. The summed E-state index contributed by atoms with van der Waals surface area (Å²) in [5.74, 6) is 1.73. The lowest BCUT2D eigenvalue weighted by atomic mass is 9.96. The van der Waals surface area contributed by atoms with Crippen LogP contribution in [0.4, 0.5) is 0 Å². The van der Waals surface area contributed by atoms with Crippen molar-refractivity contribution in [2.24, 2.45) is 4.99 Å². The number of hydrogen-bond acceptors (Lipinski definition) is 6. The van der Waals surface area contributed by atoms with E-state index in [1.807, 2.05) is 57.2 Å². The van der Waals surface area contributed by atoms with E-state index in [1.165, 1.54) is 0 Å². The first-order valence-corrected chi connectivity index (χ1v) is 11.0. The molecule has 1 amide bonds. The summed E-state index contributed by atoms with van der Waals surface area (Å²) in [6, 6.07) is 14.4. The molecule has 7 heteroatoms. The average molecular weight is 477 g/mol. The number of nitrogens with one attached hydrogen (secondary N) is 1. The van der Waals surface area contributed by atoms with E-state index >= 15 is 0 Å². The third-order valence-electron chi connectivity index (χ3n) is 4.65. The van der Waals surface area contributed by atoms with Crippen LogP contribution in [0.15, 0.2) is 65.2 Å². The fourth-order valence-electron chi connectivity index (χ4n) is 2.73. The number of para-hydroxylation sites is 1. The standard InChI is InChI=1S/C25H25NO5.C3H7N/c1-5-17(4)22-15-19(31-18-11-9-8-10-12-18)13-14-21(22)24(28)20(6-2)25(29)26-16-23(27)30-7-3;1-3-4-2/h2,5,8-15,28H,7,16H2,1,3-4H3,(H,26,29);3H,1-2H3/b17-5-,24-20-;. The highest BCUT2D eigenvalue weighted by Gasteiger charge is 2.19. The maximum Gasteiger partial charge on any atom is 0.325 e. The molecule has 2 aromatic carbocycles. The van der Waals surface area contributed by atoms with Gasteiger partial charge >= 0.3 is 5.97 Å². The molecule has 2 N–H and O–H groups in total. The highest BCUT2D eigenvalue weighted by Crippen LogP contribution is 2.31. The smallest absolute Gasteiger partial charge is 0.325 e. The fourth-order valence-corrected chi connectivity index (χ4v) is 2.73. The van der Waals surface area contributed by atoms with Crippen LogP contribution in [0, 0.1) is 12.3 Å². The Morgan fingerprint density at radius 1 is 1.11 bits per heavy atom. The molecule has 0 saturated heterocycles. The van der Waals surface area contributed by atoms with Crippen LogP contribution in [0.5, 0.6) is 11.5 Å². The first kappa shape index (κ1) is 28.7. The molecule has 0 fully saturated rings. The molecule has 0 aromatic heterocycles. The molecule has 2 rings (SSSR count). The molecule has 0 saturated carbocycles. The Balaban J connectivity index is 0.00000142. The quantitative estimate of drug-likeness (QED) is 0.180. The number of benzene rings is 2. The largest absolute Gasteiger partial charge is 0.506 e. The van der Waals surface area contributed by atoms with Crippen LogP contribution in [-0.4, -0.2) is 43.4 Å². The van der Waals surface area contributed by atoms with Gasteiger partial charge in [0.25, 0.3) is 5.91 Å². The predicted octanol–water partition coefficient (Wildman–Crippen LogP) is 5.19. The molecule has 0 aliphatic heterocycles. The van der Waals surface area contributed by atoms with Crippen LogP contribution in [-0.2, 0) is 14.3 Å². The van der Waals surface area contributed by atoms with E-state index in [9.17, 15) is 14.7 Å². The van der Waals surface area contributed by atoms with Gasteiger partial charge in [-0.05, 0) is 75.4 Å². The highest BCUT2D eigenvalue weighted by atomic mass is 16.5. The molecule has 0 atom stereocenters. The molecule has 0 unspecified atom stereocenters. The Kier molecular flexibility index (Phi) is 12.7. The molecule has 0 heterocycles. The lowest BCUT2D eigenvalue weighted by Crippen LogP contribution is -2.31. The normalized spacial score (nSPS) is 11.5. The van der Waals surface area contributed by atoms with Gasteiger partial charge < -0.3 is 24.9 Å². The molecular formula is C28H32N2O5. The summed E-state index contributed by atoms with van der Waals surface area (Å²) < 4.78 is 10.6. The Labute approximate surface area is 207 Å². The van der Waals surface area contributed by atoms with Crippen molar-refractivity contribution < 1.29 is 24.2 Å². The summed E-state index contributed by atoms with van der Waals surface area (Å²) in [5.41, 5.74) is 1.59. The van der Waals surface area contributed by atoms with Gasteiger partial charge in [0.15, 0.2) is 0 Å². The van der Waals surface area contributed by atoms with Crippen molar-refractivity contribution in [3.05, 3.63) is 71.3 Å². The Bertz CT molecular complexity index is 1120. The molecule has 0 aliphatic rings. The van der Waals surface area contributed by atoms with Crippen molar-refractivity contribution in [1.82, 2.24) is 5.32 Å². The summed E-state index contributed by atoms with van der Waals surface area (Å²) in [5, 5.41) is 13.2. The molecule has 184 valence electrons. The number of hydrogen-bond donors (Lipinski definition) is 2. The van der Waals surface area contributed by atoms with Gasteiger partial charge in [-0.2, -0.15) is 0 Å². The van der Waals surface area contributed by atoms with Gasteiger partial charge in [0.05, 0.1) is 6.61 Å². The maximum atomic E-state index is 12.4. The molecule has 0 spiro atoms. The zero-order chi connectivity index (χ0) is 26.2. The number of allylic oxidation sites excluding steroid dienone is 2. The highest BCUT2D eigenvalue weighted by molar-refractivity contribution is 6.05. The number of aliphatic imine (C=N–C) groups is 1. The number of rotatable bonds is 8. The van der Waals surface area contributed by atoms with Crippen molar-refractivity contribution in [3.63, 3.8) is 0 Å². The number of terminal acetylenes is 1. The van der Waals surface area contributed by atoms with Crippen LogP contribution in [0.1, 0.15) is 38.8 Å². The van der Waals surface area contributed by atoms with E-state index in [4.69, 9.17) is 15.9 Å². The summed E-state index contributed by atoms with van der Waals surface area (Å²) in [6.45, 7) is 7.12. The molecule has 35 heavy (non-hydrogen) atoms. The fraction of sp³-hybridized carbons (Fsp3) is 0.250. The van der Waals surface area contributed by atoms with Gasteiger partial charge in [-0.1, -0.05) is 30.2 Å². The summed E-state index contributed by atoms with van der Waals surface area (Å²) in [7, 11) is 1.75. The SMILES string of the molecule is C#C/C(C(=O)NCC(=O)OCC)=C(/O)c1ccc(Oc2ccccc2)cc1/C(C)=C\C.CC=NC. The van der Waals surface area contributed by atoms with Gasteiger partial charge in [0, 0.05) is 12.6 Å². The summed E-state index contributed by atoms with van der Waals surface area (Å²) in [6.07, 6.45) is 9.10. The number of amides is 1. The summed E-state index contributed by atoms with van der Waals surface area (Å²) >= 11 is 0. The minimum atomic E-state index is -0.748. The minimum Gasteiger partial charge on any atom is -0.506 e. The van der Waals surface area contributed by atoms with Crippen molar-refractivity contribution >= 4 is 29.4 Å². The van der Waals surface area contributed by atoms with E-state index in [0.717, 1.165) is 5.57 Å². The average Bonchev–Trinajstić information content (AvgIpc) is 2.88. The van der Waals surface area contributed by atoms with E-state index in [1.54, 1.807) is 38.4 Å². The van der Waals surface area contributed by atoms with Crippen molar-refractivity contribution in [2.75, 3.05) is 20.2 Å². The Morgan fingerprint density at radius 2 is 1.77 bits per heavy atom. The zero-order valence-corrected chi connectivity index (χ0v) is 20.8. The lowest BCUT2D eigenvalue weighted by Gasteiger charge is -2.14. The van der Waals surface area contributed by atoms with Crippen LogP contribution in [0.2, 0.25) is 0 Å². The monoisotopic (exact) mass is 476 g/mol. The van der Waals surface area contributed by atoms with Gasteiger partial charge in [0.2, 0.25) is 0 Å². The second kappa shape index (κ2) is 15.5. The zero-order valence-electron chi connectivity index (χ0n) is 20.8. The first-order chi connectivity index (χ1) is 16.8. The van der Waals surface area contributed by atoms with E-state index in [2.05, 4.69) is 16.2 Å². The Hall–Kier alpha value is -4.31. The third kappa shape index (κ3) is 9.22. The van der Waals surface area contributed by atoms with Crippen molar-refractivity contribution in [1.29, 1.82) is 0 Å². The number of aliphatic hydroxyl groups excluding tert-OH is 1. The van der Waals surface area contributed by atoms with Crippen LogP contribution >= 0.6 is 0 Å². The van der Waals surface area contributed by atoms with Crippen LogP contribution < -0.4 is 10.1 Å². The van der Waals surface area contributed by atoms with E-state index in [-0.39, 0.29) is 24.5 Å². The number of esters is 1. The second-order valence-electron chi connectivity index (χ2n) is 6.97. The number of aliphatic hydroxyl groups is 1. The number of ether oxygens (including phenoxy) is 2.